The van der Waals surface area contributed by atoms with Gasteiger partial charge in [-0.15, -0.1) is 11.3 Å². The van der Waals surface area contributed by atoms with Crippen LogP contribution in [0.2, 0.25) is 0 Å². The fourth-order valence-electron chi connectivity index (χ4n) is 3.90. The summed E-state index contributed by atoms with van der Waals surface area (Å²) in [6.45, 7) is 1.87. The van der Waals surface area contributed by atoms with E-state index in [9.17, 15) is 18.0 Å². The fourth-order valence-corrected chi connectivity index (χ4v) is 6.29. The van der Waals surface area contributed by atoms with Crippen LogP contribution in [0.25, 0.3) is 15.9 Å². The number of nitrogens with zero attached hydrogens (tertiary/aromatic N) is 2. The number of hydrogen-bond acceptors (Lipinski definition) is 6. The van der Waals surface area contributed by atoms with Gasteiger partial charge in [0.2, 0.25) is 5.91 Å². The molecule has 2 aromatic heterocycles. The summed E-state index contributed by atoms with van der Waals surface area (Å²) in [6.07, 6.45) is 0. The van der Waals surface area contributed by atoms with E-state index in [2.05, 4.69) is 15.7 Å². The first-order chi connectivity index (χ1) is 17.8. The molecule has 2 heterocycles. The Bertz CT molecular complexity index is 1710. The van der Waals surface area contributed by atoms with Gasteiger partial charge in [0.25, 0.3) is 5.91 Å². The average molecular weight is 531 g/mol. The molecule has 0 aliphatic carbocycles. The Morgan fingerprint density at radius 3 is 2.27 bits per heavy atom. The molecule has 0 aliphatic rings. The van der Waals surface area contributed by atoms with Crippen LogP contribution in [-0.2, 0) is 14.6 Å². The van der Waals surface area contributed by atoms with E-state index in [1.807, 2.05) is 37.3 Å². The molecule has 0 radical (unpaired) electrons. The summed E-state index contributed by atoms with van der Waals surface area (Å²) in [7, 11) is -4.04. The highest BCUT2D eigenvalue weighted by Crippen LogP contribution is 2.31. The summed E-state index contributed by atoms with van der Waals surface area (Å²) >= 11 is 1.27. The number of aryl methyl sites for hydroxylation is 1. The van der Waals surface area contributed by atoms with Gasteiger partial charge in [-0.25, -0.2) is 13.1 Å². The first-order valence-electron chi connectivity index (χ1n) is 11.3. The van der Waals surface area contributed by atoms with Crippen molar-refractivity contribution in [2.45, 2.75) is 11.8 Å². The van der Waals surface area contributed by atoms with E-state index in [1.165, 1.54) is 23.5 Å². The van der Waals surface area contributed by atoms with Gasteiger partial charge in [-0.3, -0.25) is 9.59 Å². The molecule has 3 aromatic carbocycles. The van der Waals surface area contributed by atoms with Crippen molar-refractivity contribution in [1.82, 2.24) is 9.78 Å². The summed E-state index contributed by atoms with van der Waals surface area (Å²) in [5.41, 5.74) is 2.26. The number of amides is 2. The number of aromatic nitrogens is 2. The Kier molecular flexibility index (Phi) is 6.60. The van der Waals surface area contributed by atoms with E-state index in [0.717, 1.165) is 21.6 Å². The predicted octanol–water partition coefficient (Wildman–Crippen LogP) is 5.06. The number of benzene rings is 3. The monoisotopic (exact) mass is 530 g/mol. The lowest BCUT2D eigenvalue weighted by Gasteiger charge is -2.11. The zero-order valence-corrected chi connectivity index (χ0v) is 21.3. The lowest BCUT2D eigenvalue weighted by atomic mass is 10.3. The normalized spacial score (nSPS) is 11.4. The zero-order chi connectivity index (χ0) is 26.0. The molecule has 37 heavy (non-hydrogen) atoms. The summed E-state index contributed by atoms with van der Waals surface area (Å²) in [5, 5.41) is 10.7. The van der Waals surface area contributed by atoms with Crippen LogP contribution in [0.4, 0.5) is 11.4 Å². The number of carbonyl (C=O) groups is 2. The van der Waals surface area contributed by atoms with Crippen LogP contribution >= 0.6 is 11.3 Å². The van der Waals surface area contributed by atoms with Crippen molar-refractivity contribution in [3.8, 4) is 5.69 Å². The van der Waals surface area contributed by atoms with Crippen molar-refractivity contribution in [3.63, 3.8) is 0 Å². The summed E-state index contributed by atoms with van der Waals surface area (Å²) in [4.78, 5) is 26.7. The number of fused-ring (bicyclic) bond motifs is 1. The smallest absolute Gasteiger partial charge is 0.265 e. The number of rotatable bonds is 7. The van der Waals surface area contributed by atoms with Gasteiger partial charge in [0.05, 0.1) is 26.8 Å². The molecule has 0 saturated carbocycles. The Morgan fingerprint density at radius 1 is 0.892 bits per heavy atom. The van der Waals surface area contributed by atoms with E-state index in [-0.39, 0.29) is 10.6 Å². The lowest BCUT2D eigenvalue weighted by molar-refractivity contribution is -0.113. The fraction of sp³-hybridized carbons (Fsp3) is 0.0741. The molecular weight excluding hydrogens is 508 g/mol. The Hall–Kier alpha value is -4.28. The van der Waals surface area contributed by atoms with Crippen molar-refractivity contribution in [1.29, 1.82) is 0 Å². The number of para-hydroxylation sites is 3. The molecule has 5 aromatic rings. The quantitative estimate of drug-likeness (QED) is 0.306. The predicted molar refractivity (Wildman–Crippen MR) is 145 cm³/mol. The third-order valence-corrected chi connectivity index (χ3v) is 8.40. The van der Waals surface area contributed by atoms with E-state index in [0.29, 0.717) is 10.6 Å². The molecule has 0 unspecified atom stereocenters. The number of anilines is 2. The van der Waals surface area contributed by atoms with Gasteiger partial charge in [-0.2, -0.15) is 5.10 Å². The van der Waals surface area contributed by atoms with Crippen LogP contribution < -0.4 is 10.6 Å². The second-order valence-electron chi connectivity index (χ2n) is 8.29. The Morgan fingerprint density at radius 2 is 1.54 bits per heavy atom. The third-order valence-electron chi connectivity index (χ3n) is 5.62. The summed E-state index contributed by atoms with van der Waals surface area (Å²) in [5.74, 6) is -1.88. The highest BCUT2D eigenvalue weighted by Gasteiger charge is 2.24. The van der Waals surface area contributed by atoms with Crippen LogP contribution in [0.3, 0.4) is 0 Å². The minimum atomic E-state index is -4.04. The number of carbonyl (C=O) groups excluding carboxylic acids is 2. The van der Waals surface area contributed by atoms with Crippen molar-refractivity contribution in [2.24, 2.45) is 0 Å². The highest BCUT2D eigenvalue weighted by atomic mass is 32.2. The first-order valence-corrected chi connectivity index (χ1v) is 13.8. The topological polar surface area (TPSA) is 110 Å². The van der Waals surface area contributed by atoms with Gasteiger partial charge < -0.3 is 10.6 Å². The SMILES string of the molecule is Cc1nn(-c2ccccc2)c2sc(C(=O)Nc3ccccc3S(=O)(=O)CC(=O)Nc3ccccc3)cc12. The van der Waals surface area contributed by atoms with Crippen LogP contribution in [0, 0.1) is 6.92 Å². The lowest BCUT2D eigenvalue weighted by Crippen LogP contribution is -2.24. The van der Waals surface area contributed by atoms with Gasteiger partial charge >= 0.3 is 0 Å². The maximum absolute atomic E-state index is 13.2. The highest BCUT2D eigenvalue weighted by molar-refractivity contribution is 7.92. The van der Waals surface area contributed by atoms with Crippen molar-refractivity contribution in [2.75, 3.05) is 16.4 Å². The zero-order valence-electron chi connectivity index (χ0n) is 19.7. The van der Waals surface area contributed by atoms with Crippen LogP contribution in [0.1, 0.15) is 15.4 Å². The van der Waals surface area contributed by atoms with E-state index in [4.69, 9.17) is 0 Å². The second-order valence-corrected chi connectivity index (χ2v) is 11.3. The van der Waals surface area contributed by atoms with E-state index >= 15 is 0 Å². The molecule has 0 fully saturated rings. The second kappa shape index (κ2) is 10.00. The molecule has 0 aliphatic heterocycles. The van der Waals surface area contributed by atoms with Gasteiger partial charge in [-0.05, 0) is 49.4 Å². The summed E-state index contributed by atoms with van der Waals surface area (Å²) in [6, 6.07) is 26.0. The molecule has 8 nitrogen and oxygen atoms in total. The van der Waals surface area contributed by atoms with Crippen LogP contribution in [0.5, 0.6) is 0 Å². The number of nitrogens with one attached hydrogen (secondary N) is 2. The Labute approximate surface area is 217 Å². The molecule has 186 valence electrons. The maximum atomic E-state index is 13.2. The number of sulfone groups is 1. The molecule has 10 heteroatoms. The van der Waals surface area contributed by atoms with Crippen LogP contribution in [-0.4, -0.2) is 35.8 Å². The summed E-state index contributed by atoms with van der Waals surface area (Å²) < 4.78 is 28.0. The average Bonchev–Trinajstić information content (AvgIpc) is 3.46. The van der Waals surface area contributed by atoms with Crippen molar-refractivity contribution in [3.05, 3.63) is 102 Å². The largest absolute Gasteiger partial charge is 0.325 e. The maximum Gasteiger partial charge on any atom is 0.265 e. The minimum absolute atomic E-state index is 0.110. The molecule has 0 saturated heterocycles. The van der Waals surface area contributed by atoms with Crippen LogP contribution in [0.15, 0.2) is 95.9 Å². The molecule has 2 amide bonds. The van der Waals surface area contributed by atoms with Crippen molar-refractivity contribution >= 4 is 54.6 Å². The van der Waals surface area contributed by atoms with E-state index < -0.39 is 27.4 Å². The molecule has 0 bridgehead atoms. The molecule has 5 rings (SSSR count). The van der Waals surface area contributed by atoms with Gasteiger partial charge in [0, 0.05) is 11.1 Å². The van der Waals surface area contributed by atoms with Gasteiger partial charge in [0.15, 0.2) is 9.84 Å². The Balaban J connectivity index is 1.39. The first kappa shape index (κ1) is 24.4. The third kappa shape index (κ3) is 5.16. The van der Waals surface area contributed by atoms with Gasteiger partial charge in [0.1, 0.15) is 10.6 Å². The van der Waals surface area contributed by atoms with E-state index in [1.54, 1.807) is 53.2 Å². The molecule has 2 N–H and O–H groups in total. The van der Waals surface area contributed by atoms with Gasteiger partial charge in [-0.1, -0.05) is 48.5 Å². The molecule has 0 atom stereocenters. The number of hydrogen-bond donors (Lipinski definition) is 2. The molecular formula is C27H22N4O4S2. The number of thiophene rings is 1. The standard InChI is InChI=1S/C27H22N4O4S2/c1-18-21-16-23(36-27(21)31(30-18)20-12-6-3-7-13-20)26(33)29-22-14-8-9-15-24(22)37(34,35)17-25(32)28-19-10-4-2-5-11-19/h2-16H,17H2,1H3,(H,28,32)(H,29,33). The van der Waals surface area contributed by atoms with Crippen molar-refractivity contribution < 1.29 is 18.0 Å². The minimum Gasteiger partial charge on any atom is -0.325 e. The molecule has 0 spiro atoms.